The van der Waals surface area contributed by atoms with Gasteiger partial charge in [-0.2, -0.15) is 0 Å². The zero-order chi connectivity index (χ0) is 13.8. The minimum atomic E-state index is -0.0947. The van der Waals surface area contributed by atoms with Gasteiger partial charge in [0.2, 0.25) is 0 Å². The highest BCUT2D eigenvalue weighted by Gasteiger charge is 2.24. The molecule has 1 fully saturated rings. The Balaban J connectivity index is 1.92. The average Bonchev–Trinajstić information content (AvgIpc) is 2.39. The number of carbonyl (C=O) groups excluding carboxylic acids is 1. The molecule has 0 saturated heterocycles. The minimum Gasteiger partial charge on any atom is -0.328 e. The Bertz CT molecular complexity index is 444. The summed E-state index contributed by atoms with van der Waals surface area (Å²) in [5, 5.41) is 3.48. The van der Waals surface area contributed by atoms with E-state index in [1.807, 2.05) is 19.2 Å². The molecule has 4 nitrogen and oxygen atoms in total. The summed E-state index contributed by atoms with van der Waals surface area (Å²) < 4.78 is 0. The van der Waals surface area contributed by atoms with Crippen LogP contribution in [0.1, 0.15) is 25.7 Å². The molecule has 5 heteroatoms. The predicted octanol–water partition coefficient (Wildman–Crippen LogP) is 3.07. The van der Waals surface area contributed by atoms with E-state index in [2.05, 4.69) is 5.32 Å². The van der Waals surface area contributed by atoms with Crippen molar-refractivity contribution in [1.29, 1.82) is 0 Å². The van der Waals surface area contributed by atoms with Crippen molar-refractivity contribution in [3.63, 3.8) is 0 Å². The maximum absolute atomic E-state index is 12.1. The summed E-state index contributed by atoms with van der Waals surface area (Å²) in [6.45, 7) is 0. The number of urea groups is 1. The molecule has 3 N–H and O–H groups in total. The smallest absolute Gasteiger partial charge is 0.321 e. The van der Waals surface area contributed by atoms with Crippen LogP contribution in [0.3, 0.4) is 0 Å². The van der Waals surface area contributed by atoms with Gasteiger partial charge < -0.3 is 16.0 Å². The SMILES string of the molecule is CN(C(=O)Nc1cccc(Cl)c1)C1CCC(N)CC1. The van der Waals surface area contributed by atoms with Crippen LogP contribution < -0.4 is 11.1 Å². The molecule has 0 atom stereocenters. The molecule has 0 aromatic heterocycles. The lowest BCUT2D eigenvalue weighted by molar-refractivity contribution is 0.182. The van der Waals surface area contributed by atoms with Gasteiger partial charge in [0, 0.05) is 29.8 Å². The van der Waals surface area contributed by atoms with E-state index in [0.717, 1.165) is 31.4 Å². The van der Waals surface area contributed by atoms with Gasteiger partial charge in [0.05, 0.1) is 0 Å². The maximum Gasteiger partial charge on any atom is 0.321 e. The Morgan fingerprint density at radius 3 is 2.68 bits per heavy atom. The molecule has 104 valence electrons. The van der Waals surface area contributed by atoms with Crippen LogP contribution in [0.4, 0.5) is 10.5 Å². The first-order chi connectivity index (χ1) is 9.06. The summed E-state index contributed by atoms with van der Waals surface area (Å²) >= 11 is 5.89. The quantitative estimate of drug-likeness (QED) is 0.875. The largest absolute Gasteiger partial charge is 0.328 e. The van der Waals surface area contributed by atoms with E-state index < -0.39 is 0 Å². The highest BCUT2D eigenvalue weighted by Crippen LogP contribution is 2.22. The molecule has 2 amide bonds. The number of hydrogen-bond donors (Lipinski definition) is 2. The lowest BCUT2D eigenvalue weighted by Gasteiger charge is -2.33. The fourth-order valence-electron chi connectivity index (χ4n) is 2.43. The summed E-state index contributed by atoms with van der Waals surface area (Å²) in [5.74, 6) is 0. The molecule has 0 heterocycles. The van der Waals surface area contributed by atoms with Crippen LogP contribution in [0.25, 0.3) is 0 Å². The van der Waals surface area contributed by atoms with Crippen LogP contribution in [0.15, 0.2) is 24.3 Å². The third-order valence-electron chi connectivity index (χ3n) is 3.69. The van der Waals surface area contributed by atoms with Gasteiger partial charge in [0.15, 0.2) is 0 Å². The van der Waals surface area contributed by atoms with E-state index in [1.54, 1.807) is 17.0 Å². The highest BCUT2D eigenvalue weighted by molar-refractivity contribution is 6.30. The van der Waals surface area contributed by atoms with Crippen molar-refractivity contribution in [2.45, 2.75) is 37.8 Å². The van der Waals surface area contributed by atoms with Gasteiger partial charge in [-0.25, -0.2) is 4.79 Å². The monoisotopic (exact) mass is 281 g/mol. The number of rotatable bonds is 2. The van der Waals surface area contributed by atoms with E-state index in [9.17, 15) is 4.79 Å². The molecule has 19 heavy (non-hydrogen) atoms. The first-order valence-electron chi connectivity index (χ1n) is 6.61. The van der Waals surface area contributed by atoms with E-state index >= 15 is 0 Å². The van der Waals surface area contributed by atoms with E-state index in [-0.39, 0.29) is 12.1 Å². The summed E-state index contributed by atoms with van der Waals surface area (Å²) in [5.41, 5.74) is 6.60. The average molecular weight is 282 g/mol. The number of carbonyl (C=O) groups is 1. The first-order valence-corrected chi connectivity index (χ1v) is 6.99. The van der Waals surface area contributed by atoms with Crippen molar-refractivity contribution in [3.05, 3.63) is 29.3 Å². The molecule has 0 bridgehead atoms. The van der Waals surface area contributed by atoms with E-state index in [1.165, 1.54) is 0 Å². The number of amides is 2. The Morgan fingerprint density at radius 2 is 2.05 bits per heavy atom. The molecule has 1 aliphatic carbocycles. The van der Waals surface area contributed by atoms with Crippen LogP contribution in [0.5, 0.6) is 0 Å². The first kappa shape index (κ1) is 14.2. The van der Waals surface area contributed by atoms with Crippen molar-refractivity contribution in [2.24, 2.45) is 5.73 Å². The normalized spacial score (nSPS) is 22.9. The Labute approximate surface area is 118 Å². The zero-order valence-corrected chi connectivity index (χ0v) is 11.9. The second-order valence-corrected chi connectivity index (χ2v) is 5.56. The maximum atomic E-state index is 12.1. The number of hydrogen-bond acceptors (Lipinski definition) is 2. The molecule has 0 aliphatic heterocycles. The Hall–Kier alpha value is -1.26. The van der Waals surface area contributed by atoms with Gasteiger partial charge >= 0.3 is 6.03 Å². The van der Waals surface area contributed by atoms with Crippen molar-refractivity contribution in [3.8, 4) is 0 Å². The molecular weight excluding hydrogens is 262 g/mol. The van der Waals surface area contributed by atoms with Crippen LogP contribution >= 0.6 is 11.6 Å². The number of nitrogens with one attached hydrogen (secondary N) is 1. The standard InChI is InChI=1S/C14H20ClN3O/c1-18(13-7-5-11(16)6-8-13)14(19)17-12-4-2-3-10(15)9-12/h2-4,9,11,13H,5-8,16H2,1H3,(H,17,19). The molecule has 1 aromatic carbocycles. The predicted molar refractivity (Wildman–Crippen MR) is 78.5 cm³/mol. The lowest BCUT2D eigenvalue weighted by atomic mass is 9.91. The lowest BCUT2D eigenvalue weighted by Crippen LogP contribution is -2.43. The van der Waals surface area contributed by atoms with Gasteiger partial charge in [-0.1, -0.05) is 17.7 Å². The molecule has 1 aromatic rings. The molecule has 2 rings (SSSR count). The Morgan fingerprint density at radius 1 is 1.37 bits per heavy atom. The Kier molecular flexibility index (Phi) is 4.66. The molecule has 1 aliphatic rings. The van der Waals surface area contributed by atoms with Gasteiger partial charge in [0.25, 0.3) is 0 Å². The number of halogens is 1. The topological polar surface area (TPSA) is 58.4 Å². The molecule has 0 radical (unpaired) electrons. The summed E-state index contributed by atoms with van der Waals surface area (Å²) in [4.78, 5) is 13.9. The van der Waals surface area contributed by atoms with Crippen molar-refractivity contribution >= 4 is 23.3 Å². The zero-order valence-electron chi connectivity index (χ0n) is 11.1. The second-order valence-electron chi connectivity index (χ2n) is 5.12. The van der Waals surface area contributed by atoms with Crippen LogP contribution in [-0.4, -0.2) is 30.1 Å². The number of benzene rings is 1. The molecule has 0 spiro atoms. The van der Waals surface area contributed by atoms with Crippen LogP contribution in [0, 0.1) is 0 Å². The third-order valence-corrected chi connectivity index (χ3v) is 3.92. The number of anilines is 1. The van der Waals surface area contributed by atoms with Gasteiger partial charge in [-0.3, -0.25) is 0 Å². The van der Waals surface area contributed by atoms with Crippen molar-refractivity contribution in [1.82, 2.24) is 4.90 Å². The second kappa shape index (κ2) is 6.26. The fourth-order valence-corrected chi connectivity index (χ4v) is 2.62. The minimum absolute atomic E-state index is 0.0947. The summed E-state index contributed by atoms with van der Waals surface area (Å²) in [6.07, 6.45) is 3.92. The van der Waals surface area contributed by atoms with E-state index in [4.69, 9.17) is 17.3 Å². The van der Waals surface area contributed by atoms with Gasteiger partial charge in [-0.05, 0) is 43.9 Å². The van der Waals surface area contributed by atoms with E-state index in [0.29, 0.717) is 11.1 Å². The molecular formula is C14H20ClN3O. The summed E-state index contributed by atoms with van der Waals surface area (Å²) in [7, 11) is 1.83. The molecule has 1 saturated carbocycles. The van der Waals surface area contributed by atoms with Gasteiger partial charge in [0.1, 0.15) is 0 Å². The van der Waals surface area contributed by atoms with Crippen LogP contribution in [-0.2, 0) is 0 Å². The third kappa shape index (κ3) is 3.85. The summed E-state index contributed by atoms with van der Waals surface area (Å²) in [6, 6.07) is 7.64. The number of nitrogens with two attached hydrogens (primary N) is 1. The number of nitrogens with zero attached hydrogens (tertiary/aromatic N) is 1. The van der Waals surface area contributed by atoms with Crippen molar-refractivity contribution < 1.29 is 4.79 Å². The molecule has 0 unspecified atom stereocenters. The van der Waals surface area contributed by atoms with Crippen molar-refractivity contribution in [2.75, 3.05) is 12.4 Å². The fraction of sp³-hybridized carbons (Fsp3) is 0.500. The van der Waals surface area contributed by atoms with Gasteiger partial charge in [-0.15, -0.1) is 0 Å². The van der Waals surface area contributed by atoms with Crippen LogP contribution in [0.2, 0.25) is 5.02 Å². The highest BCUT2D eigenvalue weighted by atomic mass is 35.5.